The van der Waals surface area contributed by atoms with Crippen LogP contribution in [0.3, 0.4) is 0 Å². The van der Waals surface area contributed by atoms with E-state index in [4.69, 9.17) is 9.40 Å². The predicted octanol–water partition coefficient (Wildman–Crippen LogP) is 3.96. The molecule has 1 N–H and O–H groups in total. The summed E-state index contributed by atoms with van der Waals surface area (Å²) in [6.07, 6.45) is 0. The molecule has 138 valence electrons. The molecule has 0 aliphatic carbocycles. The molecule has 1 aliphatic rings. The van der Waals surface area contributed by atoms with Crippen LogP contribution in [0, 0.1) is 6.92 Å². The average molecular weight is 408 g/mol. The van der Waals surface area contributed by atoms with Gasteiger partial charge in [0, 0.05) is 11.5 Å². The number of rotatable bonds is 1. The molecule has 0 saturated heterocycles. The van der Waals surface area contributed by atoms with E-state index in [1.807, 2.05) is 19.1 Å². The van der Waals surface area contributed by atoms with E-state index in [1.165, 1.54) is 17.8 Å². The van der Waals surface area contributed by atoms with Gasteiger partial charge in [-0.1, -0.05) is 0 Å². The Morgan fingerprint density at radius 1 is 1.21 bits per heavy atom. The molecule has 6 rings (SSSR count). The van der Waals surface area contributed by atoms with Crippen molar-refractivity contribution in [2.45, 2.75) is 18.1 Å². The third kappa shape index (κ3) is 2.05. The minimum Gasteiger partial charge on any atom is -0.507 e. The van der Waals surface area contributed by atoms with Crippen molar-refractivity contribution in [2.24, 2.45) is 0 Å². The van der Waals surface area contributed by atoms with Crippen LogP contribution in [0.5, 0.6) is 5.75 Å². The van der Waals surface area contributed by atoms with E-state index in [0.717, 1.165) is 38.8 Å². The van der Waals surface area contributed by atoms with Gasteiger partial charge in [0.1, 0.15) is 33.6 Å². The number of hydrogen-bond acceptors (Lipinski definition) is 8. The van der Waals surface area contributed by atoms with Crippen LogP contribution >= 0.6 is 23.5 Å². The molecule has 28 heavy (non-hydrogen) atoms. The van der Waals surface area contributed by atoms with E-state index in [-0.39, 0.29) is 11.1 Å². The first-order chi connectivity index (χ1) is 13.6. The maximum atomic E-state index is 12.0. The number of nitrogens with zero attached hydrogens (tertiary/aromatic N) is 4. The standard InChI is InChI=1S/C19H12N4O3S2/c1-8-6-14(25)26-18-9(8)2-5-12(24)15(18)19-23-13(7-27-19)20-11-4-3-10-16(17(11)23)22-28-21-10/h2-6,19,24H,7H2,1H3. The van der Waals surface area contributed by atoms with Gasteiger partial charge in [-0.15, -0.1) is 11.8 Å². The smallest absolute Gasteiger partial charge is 0.336 e. The third-order valence-corrected chi connectivity index (χ3v) is 6.86. The van der Waals surface area contributed by atoms with Gasteiger partial charge in [0.25, 0.3) is 0 Å². The molecule has 2 aromatic carbocycles. The first kappa shape index (κ1) is 16.1. The van der Waals surface area contributed by atoms with Crippen LogP contribution < -0.4 is 5.63 Å². The highest BCUT2D eigenvalue weighted by Crippen LogP contribution is 2.48. The zero-order valence-electron chi connectivity index (χ0n) is 14.5. The SMILES string of the molecule is Cc1cc(=O)oc2c(C3SCc4nc5ccc6nsnc6c5n43)c(O)ccc12. The average Bonchev–Trinajstić information content (AvgIpc) is 3.35. The summed E-state index contributed by atoms with van der Waals surface area (Å²) in [5, 5.41) is 11.3. The van der Waals surface area contributed by atoms with Gasteiger partial charge in [0.15, 0.2) is 0 Å². The van der Waals surface area contributed by atoms with Crippen LogP contribution in [-0.4, -0.2) is 23.4 Å². The molecule has 7 nitrogen and oxygen atoms in total. The van der Waals surface area contributed by atoms with Gasteiger partial charge in [0.2, 0.25) is 0 Å². The molecule has 5 aromatic rings. The van der Waals surface area contributed by atoms with Crippen LogP contribution in [0.1, 0.15) is 22.3 Å². The highest BCUT2D eigenvalue weighted by molar-refractivity contribution is 7.99. The number of aromatic hydroxyl groups is 1. The van der Waals surface area contributed by atoms with Crippen molar-refractivity contribution in [2.75, 3.05) is 0 Å². The van der Waals surface area contributed by atoms with Gasteiger partial charge in [-0.2, -0.15) is 8.75 Å². The van der Waals surface area contributed by atoms with Crippen molar-refractivity contribution in [3.8, 4) is 5.75 Å². The minimum absolute atomic E-state index is 0.0945. The summed E-state index contributed by atoms with van der Waals surface area (Å²) in [6, 6.07) is 8.76. The van der Waals surface area contributed by atoms with Crippen LogP contribution in [0.2, 0.25) is 0 Å². The summed E-state index contributed by atoms with van der Waals surface area (Å²) in [5.41, 5.74) is 4.74. The van der Waals surface area contributed by atoms with Crippen molar-refractivity contribution >= 4 is 56.5 Å². The Kier molecular flexibility index (Phi) is 3.19. The number of hydrogen-bond donors (Lipinski definition) is 1. The first-order valence-corrected chi connectivity index (χ1v) is 10.4. The first-order valence-electron chi connectivity index (χ1n) is 8.62. The van der Waals surface area contributed by atoms with E-state index >= 15 is 0 Å². The summed E-state index contributed by atoms with van der Waals surface area (Å²) >= 11 is 2.80. The van der Waals surface area contributed by atoms with Gasteiger partial charge in [-0.3, -0.25) is 0 Å². The maximum Gasteiger partial charge on any atom is 0.336 e. The fourth-order valence-corrected chi connectivity index (χ4v) is 5.72. The highest BCUT2D eigenvalue weighted by atomic mass is 32.2. The Labute approximate surface area is 166 Å². The number of phenolic OH excluding ortho intramolecular Hbond substituents is 1. The lowest BCUT2D eigenvalue weighted by molar-refractivity contribution is 0.462. The molecule has 0 saturated carbocycles. The van der Waals surface area contributed by atoms with Gasteiger partial charge in [-0.05, 0) is 36.8 Å². The number of phenols is 1. The second kappa shape index (κ2) is 5.55. The summed E-state index contributed by atoms with van der Waals surface area (Å²) in [6.45, 7) is 1.87. The molecular weight excluding hydrogens is 396 g/mol. The summed E-state index contributed by atoms with van der Waals surface area (Å²) < 4.78 is 16.4. The maximum absolute atomic E-state index is 12.0. The number of aryl methyl sites for hydroxylation is 1. The lowest BCUT2D eigenvalue weighted by Crippen LogP contribution is -2.07. The molecule has 1 aliphatic heterocycles. The molecule has 0 amide bonds. The molecule has 0 fully saturated rings. The topological polar surface area (TPSA) is 94.0 Å². The second-order valence-corrected chi connectivity index (χ2v) is 8.35. The lowest BCUT2D eigenvalue weighted by atomic mass is 10.1. The molecule has 0 spiro atoms. The summed E-state index contributed by atoms with van der Waals surface area (Å²) in [7, 11) is 0. The van der Waals surface area contributed by atoms with Gasteiger partial charge in [0.05, 0.1) is 34.1 Å². The van der Waals surface area contributed by atoms with Gasteiger partial charge < -0.3 is 14.1 Å². The second-order valence-electron chi connectivity index (χ2n) is 6.75. The Morgan fingerprint density at radius 2 is 2.07 bits per heavy atom. The lowest BCUT2D eigenvalue weighted by Gasteiger charge is -2.17. The molecule has 0 radical (unpaired) electrons. The molecule has 0 bridgehead atoms. The summed E-state index contributed by atoms with van der Waals surface area (Å²) in [5.74, 6) is 1.68. The van der Waals surface area contributed by atoms with E-state index in [9.17, 15) is 9.90 Å². The summed E-state index contributed by atoms with van der Waals surface area (Å²) in [4.78, 5) is 16.8. The van der Waals surface area contributed by atoms with Crippen molar-refractivity contribution < 1.29 is 9.52 Å². The Balaban J connectivity index is 1.72. The molecular formula is C19H12N4O3S2. The molecule has 3 aromatic heterocycles. The Hall–Kier alpha value is -2.91. The van der Waals surface area contributed by atoms with Crippen molar-refractivity contribution in [1.82, 2.24) is 18.3 Å². The largest absolute Gasteiger partial charge is 0.507 e. The van der Waals surface area contributed by atoms with Crippen molar-refractivity contribution in [3.05, 3.63) is 57.7 Å². The molecule has 1 unspecified atom stereocenters. The van der Waals surface area contributed by atoms with Crippen molar-refractivity contribution in [1.29, 1.82) is 0 Å². The Bertz CT molecular complexity index is 1480. The van der Waals surface area contributed by atoms with Crippen LogP contribution in [0.25, 0.3) is 33.0 Å². The van der Waals surface area contributed by atoms with Gasteiger partial charge in [-0.25, -0.2) is 9.78 Å². The number of imidazole rings is 1. The third-order valence-electron chi connectivity index (χ3n) is 5.14. The number of benzene rings is 2. The normalized spacial score (nSPS) is 16.4. The minimum atomic E-state index is -0.429. The molecule has 1 atom stereocenters. The monoisotopic (exact) mass is 408 g/mol. The van der Waals surface area contributed by atoms with Crippen LogP contribution in [0.15, 0.2) is 39.5 Å². The highest BCUT2D eigenvalue weighted by Gasteiger charge is 2.33. The van der Waals surface area contributed by atoms with E-state index < -0.39 is 5.63 Å². The van der Waals surface area contributed by atoms with E-state index in [1.54, 1.807) is 23.9 Å². The van der Waals surface area contributed by atoms with Crippen molar-refractivity contribution in [3.63, 3.8) is 0 Å². The zero-order chi connectivity index (χ0) is 19.0. The van der Waals surface area contributed by atoms with E-state index in [0.29, 0.717) is 16.9 Å². The molecule has 4 heterocycles. The number of thioether (sulfide) groups is 1. The fraction of sp³-hybridized carbons (Fsp3) is 0.158. The zero-order valence-corrected chi connectivity index (χ0v) is 16.2. The van der Waals surface area contributed by atoms with Crippen LogP contribution in [0.4, 0.5) is 0 Å². The quantitative estimate of drug-likeness (QED) is 0.420. The number of fused-ring (bicyclic) bond motifs is 6. The van der Waals surface area contributed by atoms with Crippen LogP contribution in [-0.2, 0) is 5.75 Å². The Morgan fingerprint density at radius 3 is 2.96 bits per heavy atom. The molecule has 9 heteroatoms. The van der Waals surface area contributed by atoms with E-state index in [2.05, 4.69) is 13.3 Å². The number of aromatic nitrogens is 4. The predicted molar refractivity (Wildman–Crippen MR) is 109 cm³/mol. The fourth-order valence-electron chi connectivity index (χ4n) is 3.90. The van der Waals surface area contributed by atoms with Gasteiger partial charge >= 0.3 is 5.63 Å².